The Hall–Kier alpha value is -1.69. The normalized spacial score (nSPS) is 10.6. The van der Waals surface area contributed by atoms with E-state index < -0.39 is 23.2 Å². The summed E-state index contributed by atoms with van der Waals surface area (Å²) >= 11 is 0. The van der Waals surface area contributed by atoms with Crippen molar-refractivity contribution in [1.82, 2.24) is 0 Å². The fraction of sp³-hybridized carbons (Fsp3) is 0.462. The standard InChI is InChI=1S/C13H17F2NO3/c1-8(2)19-7-6-16-10-5-4-9(13(17)18-3)11(14)12(10)15/h4-5,8,16H,6-7H2,1-3H3. The van der Waals surface area contributed by atoms with Crippen LogP contribution in [0.15, 0.2) is 12.1 Å². The van der Waals surface area contributed by atoms with E-state index in [1.807, 2.05) is 13.8 Å². The molecule has 0 saturated heterocycles. The first-order valence-corrected chi connectivity index (χ1v) is 5.89. The first kappa shape index (κ1) is 15.4. The molecule has 0 amide bonds. The third-order valence-corrected chi connectivity index (χ3v) is 2.36. The SMILES string of the molecule is COC(=O)c1ccc(NCCOC(C)C)c(F)c1F. The molecule has 1 rings (SSSR count). The third kappa shape index (κ3) is 4.17. The van der Waals surface area contributed by atoms with E-state index in [0.717, 1.165) is 7.11 Å². The number of halogens is 2. The van der Waals surface area contributed by atoms with Crippen LogP contribution < -0.4 is 5.32 Å². The minimum Gasteiger partial charge on any atom is -0.465 e. The molecule has 1 aromatic rings. The Morgan fingerprint density at radius 1 is 1.32 bits per heavy atom. The Morgan fingerprint density at radius 3 is 2.58 bits per heavy atom. The van der Waals surface area contributed by atoms with Crippen LogP contribution in [0.5, 0.6) is 0 Å². The summed E-state index contributed by atoms with van der Waals surface area (Å²) < 4.78 is 36.9. The topological polar surface area (TPSA) is 47.6 Å². The third-order valence-electron chi connectivity index (χ3n) is 2.36. The van der Waals surface area contributed by atoms with Gasteiger partial charge in [-0.2, -0.15) is 0 Å². The average Bonchev–Trinajstić information content (AvgIpc) is 2.38. The highest BCUT2D eigenvalue weighted by Crippen LogP contribution is 2.21. The quantitative estimate of drug-likeness (QED) is 0.639. The second-order valence-corrected chi connectivity index (χ2v) is 4.13. The number of methoxy groups -OCH3 is 1. The fourth-order valence-corrected chi connectivity index (χ4v) is 1.43. The van der Waals surface area contributed by atoms with Crippen molar-refractivity contribution in [3.8, 4) is 0 Å². The van der Waals surface area contributed by atoms with Gasteiger partial charge in [0, 0.05) is 6.54 Å². The first-order chi connectivity index (χ1) is 8.97. The molecule has 0 fully saturated rings. The summed E-state index contributed by atoms with van der Waals surface area (Å²) in [5, 5.41) is 2.70. The summed E-state index contributed by atoms with van der Waals surface area (Å²) in [5.74, 6) is -3.24. The lowest BCUT2D eigenvalue weighted by Gasteiger charge is -2.11. The van der Waals surface area contributed by atoms with E-state index in [2.05, 4.69) is 10.1 Å². The Balaban J connectivity index is 2.71. The lowest BCUT2D eigenvalue weighted by molar-refractivity contribution is 0.0594. The lowest BCUT2D eigenvalue weighted by atomic mass is 10.2. The van der Waals surface area contributed by atoms with Crippen molar-refractivity contribution in [1.29, 1.82) is 0 Å². The van der Waals surface area contributed by atoms with Crippen molar-refractivity contribution in [2.45, 2.75) is 20.0 Å². The number of hydrogen-bond acceptors (Lipinski definition) is 4. The van der Waals surface area contributed by atoms with Crippen LogP contribution in [0.3, 0.4) is 0 Å². The van der Waals surface area contributed by atoms with Crippen LogP contribution in [-0.2, 0) is 9.47 Å². The molecule has 0 heterocycles. The zero-order valence-corrected chi connectivity index (χ0v) is 11.1. The van der Waals surface area contributed by atoms with Crippen LogP contribution in [0.25, 0.3) is 0 Å². The van der Waals surface area contributed by atoms with Gasteiger partial charge in [0.25, 0.3) is 0 Å². The monoisotopic (exact) mass is 273 g/mol. The van der Waals surface area contributed by atoms with Crippen LogP contribution in [0, 0.1) is 11.6 Å². The van der Waals surface area contributed by atoms with E-state index in [0.29, 0.717) is 13.2 Å². The van der Waals surface area contributed by atoms with Gasteiger partial charge in [-0.3, -0.25) is 0 Å². The Kier molecular flexibility index (Phi) is 5.69. The fourth-order valence-electron chi connectivity index (χ4n) is 1.43. The maximum absolute atomic E-state index is 13.7. The van der Waals surface area contributed by atoms with E-state index in [4.69, 9.17) is 4.74 Å². The summed E-state index contributed by atoms with van der Waals surface area (Å²) in [6.45, 7) is 4.47. The number of carbonyl (C=O) groups is 1. The van der Waals surface area contributed by atoms with Gasteiger partial charge in [0.05, 0.1) is 31.1 Å². The number of rotatable bonds is 6. The number of benzene rings is 1. The first-order valence-electron chi connectivity index (χ1n) is 5.89. The molecular formula is C13H17F2NO3. The van der Waals surface area contributed by atoms with Crippen LogP contribution in [-0.4, -0.2) is 32.3 Å². The molecule has 0 spiro atoms. The smallest absolute Gasteiger partial charge is 0.340 e. The molecule has 19 heavy (non-hydrogen) atoms. The van der Waals surface area contributed by atoms with Crippen molar-refractivity contribution >= 4 is 11.7 Å². The molecule has 0 saturated carbocycles. The van der Waals surface area contributed by atoms with Crippen LogP contribution >= 0.6 is 0 Å². The highest BCUT2D eigenvalue weighted by molar-refractivity contribution is 5.90. The summed E-state index contributed by atoms with van der Waals surface area (Å²) in [7, 11) is 1.11. The molecular weight excluding hydrogens is 256 g/mol. The lowest BCUT2D eigenvalue weighted by Crippen LogP contribution is -2.15. The van der Waals surface area contributed by atoms with Gasteiger partial charge in [0.1, 0.15) is 0 Å². The number of esters is 1. The van der Waals surface area contributed by atoms with E-state index >= 15 is 0 Å². The molecule has 0 aliphatic carbocycles. The van der Waals surface area contributed by atoms with Crippen molar-refractivity contribution in [3.05, 3.63) is 29.3 Å². The number of anilines is 1. The van der Waals surface area contributed by atoms with Gasteiger partial charge in [-0.15, -0.1) is 0 Å². The van der Waals surface area contributed by atoms with Crippen molar-refractivity contribution in [2.24, 2.45) is 0 Å². The number of hydrogen-bond donors (Lipinski definition) is 1. The molecule has 1 aromatic carbocycles. The molecule has 0 aromatic heterocycles. The van der Waals surface area contributed by atoms with E-state index in [1.165, 1.54) is 12.1 Å². The molecule has 4 nitrogen and oxygen atoms in total. The number of nitrogens with one attached hydrogen (secondary N) is 1. The van der Waals surface area contributed by atoms with Gasteiger partial charge in [-0.25, -0.2) is 13.6 Å². The van der Waals surface area contributed by atoms with Crippen LogP contribution in [0.4, 0.5) is 14.5 Å². The van der Waals surface area contributed by atoms with Gasteiger partial charge < -0.3 is 14.8 Å². The molecule has 0 aliphatic heterocycles. The Morgan fingerprint density at radius 2 is 2.00 bits per heavy atom. The number of carbonyl (C=O) groups excluding carboxylic acids is 1. The van der Waals surface area contributed by atoms with Gasteiger partial charge in [-0.05, 0) is 26.0 Å². The molecule has 106 valence electrons. The molecule has 6 heteroatoms. The second-order valence-electron chi connectivity index (χ2n) is 4.13. The Labute approximate surface area is 110 Å². The van der Waals surface area contributed by atoms with Crippen molar-refractivity contribution in [2.75, 3.05) is 25.6 Å². The second kappa shape index (κ2) is 7.04. The molecule has 0 bridgehead atoms. The van der Waals surface area contributed by atoms with Gasteiger partial charge in [0.2, 0.25) is 0 Å². The number of ether oxygens (including phenoxy) is 2. The van der Waals surface area contributed by atoms with E-state index in [9.17, 15) is 13.6 Å². The van der Waals surface area contributed by atoms with Gasteiger partial charge >= 0.3 is 5.97 Å². The predicted octanol–water partition coefficient (Wildman–Crippen LogP) is 2.59. The zero-order valence-electron chi connectivity index (χ0n) is 11.1. The Bertz CT molecular complexity index is 450. The van der Waals surface area contributed by atoms with E-state index in [1.54, 1.807) is 0 Å². The van der Waals surface area contributed by atoms with Gasteiger partial charge in [0.15, 0.2) is 11.6 Å². The van der Waals surface area contributed by atoms with E-state index in [-0.39, 0.29) is 11.8 Å². The molecule has 0 radical (unpaired) electrons. The van der Waals surface area contributed by atoms with Crippen molar-refractivity contribution in [3.63, 3.8) is 0 Å². The minimum absolute atomic E-state index is 0.0162. The maximum atomic E-state index is 13.7. The molecule has 0 atom stereocenters. The highest BCUT2D eigenvalue weighted by atomic mass is 19.2. The largest absolute Gasteiger partial charge is 0.465 e. The van der Waals surface area contributed by atoms with Crippen molar-refractivity contribution < 1.29 is 23.0 Å². The summed E-state index contributed by atoms with van der Waals surface area (Å²) in [5.41, 5.74) is -0.443. The predicted molar refractivity (Wildman–Crippen MR) is 67.3 cm³/mol. The summed E-state index contributed by atoms with van der Waals surface area (Å²) in [6.07, 6.45) is 0.0742. The molecule has 0 aliphatic rings. The van der Waals surface area contributed by atoms with Gasteiger partial charge in [-0.1, -0.05) is 0 Å². The van der Waals surface area contributed by atoms with Crippen LogP contribution in [0.1, 0.15) is 24.2 Å². The zero-order chi connectivity index (χ0) is 14.4. The minimum atomic E-state index is -1.22. The summed E-state index contributed by atoms with van der Waals surface area (Å²) in [6, 6.07) is 2.47. The molecule has 1 N–H and O–H groups in total. The average molecular weight is 273 g/mol. The summed E-state index contributed by atoms with van der Waals surface area (Å²) in [4.78, 5) is 11.2. The highest BCUT2D eigenvalue weighted by Gasteiger charge is 2.18. The maximum Gasteiger partial charge on any atom is 0.340 e. The van der Waals surface area contributed by atoms with Crippen LogP contribution in [0.2, 0.25) is 0 Å². The molecule has 0 unspecified atom stereocenters.